The van der Waals surface area contributed by atoms with Crippen LogP contribution in [0.25, 0.3) is 0 Å². The highest BCUT2D eigenvalue weighted by Crippen LogP contribution is 2.09. The molecule has 1 fully saturated rings. The molecule has 2 heterocycles. The minimum Gasteiger partial charge on any atom is -0.354 e. The van der Waals surface area contributed by atoms with Crippen LogP contribution in [0.2, 0.25) is 0 Å². The predicted octanol–water partition coefficient (Wildman–Crippen LogP) is -0.0728. The molecule has 1 saturated heterocycles. The second kappa shape index (κ2) is 7.59. The zero-order valence-electron chi connectivity index (χ0n) is 11.4. The van der Waals surface area contributed by atoms with Gasteiger partial charge in [0, 0.05) is 32.0 Å². The molecule has 3 N–H and O–H groups in total. The Hall–Kier alpha value is -1.95. The summed E-state index contributed by atoms with van der Waals surface area (Å²) in [6, 6.07) is 3.42. The van der Waals surface area contributed by atoms with Gasteiger partial charge in [-0.2, -0.15) is 0 Å². The summed E-state index contributed by atoms with van der Waals surface area (Å²) in [5.74, 6) is -0.0581. The van der Waals surface area contributed by atoms with E-state index in [4.69, 9.17) is 0 Å². The molecule has 0 saturated carbocycles. The molecule has 6 nitrogen and oxygen atoms in total. The van der Waals surface area contributed by atoms with E-state index in [0.29, 0.717) is 18.7 Å². The van der Waals surface area contributed by atoms with Crippen LogP contribution < -0.4 is 16.0 Å². The summed E-state index contributed by atoms with van der Waals surface area (Å²) in [6.45, 7) is 2.60. The summed E-state index contributed by atoms with van der Waals surface area (Å²) in [5.41, 5.74) is 0.523. The average Bonchev–Trinajstić information content (AvgIpc) is 2.53. The molecule has 2 rings (SSSR count). The molecule has 0 aliphatic carbocycles. The van der Waals surface area contributed by atoms with E-state index < -0.39 is 0 Å². The Kier molecular flexibility index (Phi) is 5.49. The summed E-state index contributed by atoms with van der Waals surface area (Å²) in [4.78, 5) is 27.4. The molecular weight excluding hydrogens is 256 g/mol. The van der Waals surface area contributed by atoms with Crippen molar-refractivity contribution in [3.8, 4) is 0 Å². The molecule has 0 radical (unpaired) electrons. The number of carbonyl (C=O) groups excluding carboxylic acids is 2. The van der Waals surface area contributed by atoms with E-state index in [0.717, 1.165) is 25.9 Å². The Bertz CT molecular complexity index is 444. The second-order valence-corrected chi connectivity index (χ2v) is 4.83. The van der Waals surface area contributed by atoms with Gasteiger partial charge in [-0.1, -0.05) is 0 Å². The average molecular weight is 276 g/mol. The van der Waals surface area contributed by atoms with Crippen molar-refractivity contribution in [2.75, 3.05) is 26.2 Å². The van der Waals surface area contributed by atoms with Crippen LogP contribution in [0.15, 0.2) is 24.5 Å². The van der Waals surface area contributed by atoms with Crippen LogP contribution >= 0.6 is 0 Å². The molecule has 0 spiro atoms. The van der Waals surface area contributed by atoms with Crippen molar-refractivity contribution < 1.29 is 9.59 Å². The van der Waals surface area contributed by atoms with Crippen molar-refractivity contribution in [2.45, 2.75) is 12.8 Å². The summed E-state index contributed by atoms with van der Waals surface area (Å²) in [5, 5.41) is 8.81. The minimum atomic E-state index is -0.174. The fourth-order valence-electron chi connectivity index (χ4n) is 2.18. The Labute approximate surface area is 118 Å². The van der Waals surface area contributed by atoms with Gasteiger partial charge in [-0.25, -0.2) is 0 Å². The highest BCUT2D eigenvalue weighted by molar-refractivity contribution is 5.93. The highest BCUT2D eigenvalue weighted by atomic mass is 16.2. The Morgan fingerprint density at radius 2 is 2.20 bits per heavy atom. The first-order chi connectivity index (χ1) is 9.77. The van der Waals surface area contributed by atoms with Crippen molar-refractivity contribution in [1.82, 2.24) is 20.9 Å². The zero-order valence-corrected chi connectivity index (χ0v) is 11.4. The van der Waals surface area contributed by atoms with Gasteiger partial charge in [0.05, 0.1) is 11.5 Å². The van der Waals surface area contributed by atoms with Gasteiger partial charge in [-0.3, -0.25) is 14.6 Å². The van der Waals surface area contributed by atoms with E-state index in [9.17, 15) is 9.59 Å². The fraction of sp³-hybridized carbons (Fsp3) is 0.500. The van der Waals surface area contributed by atoms with E-state index in [-0.39, 0.29) is 17.7 Å². The number of hydrogen-bond acceptors (Lipinski definition) is 4. The van der Waals surface area contributed by atoms with Crippen molar-refractivity contribution in [2.24, 2.45) is 5.92 Å². The number of piperidine rings is 1. The van der Waals surface area contributed by atoms with E-state index in [1.807, 2.05) is 0 Å². The van der Waals surface area contributed by atoms with Crippen molar-refractivity contribution in [3.63, 3.8) is 0 Å². The number of aromatic nitrogens is 1. The van der Waals surface area contributed by atoms with Gasteiger partial charge in [-0.05, 0) is 31.5 Å². The number of hydrogen-bond donors (Lipinski definition) is 3. The molecule has 6 heteroatoms. The van der Waals surface area contributed by atoms with Gasteiger partial charge in [0.1, 0.15) is 0 Å². The van der Waals surface area contributed by atoms with Crippen LogP contribution in [-0.4, -0.2) is 43.0 Å². The van der Waals surface area contributed by atoms with Gasteiger partial charge in [0.25, 0.3) is 5.91 Å². The maximum Gasteiger partial charge on any atom is 0.252 e. The van der Waals surface area contributed by atoms with Crippen LogP contribution in [-0.2, 0) is 4.79 Å². The fourth-order valence-corrected chi connectivity index (χ4v) is 2.18. The monoisotopic (exact) mass is 276 g/mol. The van der Waals surface area contributed by atoms with Gasteiger partial charge in [-0.15, -0.1) is 0 Å². The van der Waals surface area contributed by atoms with Crippen molar-refractivity contribution >= 4 is 11.8 Å². The summed E-state index contributed by atoms with van der Waals surface area (Å²) >= 11 is 0. The Balaban J connectivity index is 1.64. The van der Waals surface area contributed by atoms with Gasteiger partial charge in [0.15, 0.2) is 0 Å². The first-order valence-electron chi connectivity index (χ1n) is 6.94. The van der Waals surface area contributed by atoms with Crippen LogP contribution in [0.5, 0.6) is 0 Å². The third-order valence-electron chi connectivity index (χ3n) is 3.30. The normalized spacial score (nSPS) is 18.3. The molecule has 108 valence electrons. The Morgan fingerprint density at radius 3 is 2.90 bits per heavy atom. The molecule has 0 unspecified atom stereocenters. The second-order valence-electron chi connectivity index (χ2n) is 4.83. The third kappa shape index (κ3) is 4.31. The van der Waals surface area contributed by atoms with Crippen LogP contribution in [0, 0.1) is 5.92 Å². The summed E-state index contributed by atoms with van der Waals surface area (Å²) in [7, 11) is 0. The van der Waals surface area contributed by atoms with Crippen molar-refractivity contribution in [1.29, 1.82) is 0 Å². The number of nitrogens with one attached hydrogen (secondary N) is 3. The molecule has 1 aliphatic rings. The quantitative estimate of drug-likeness (QED) is 0.657. The molecule has 20 heavy (non-hydrogen) atoms. The molecular formula is C14H20N4O2. The Morgan fingerprint density at radius 1 is 1.35 bits per heavy atom. The van der Waals surface area contributed by atoms with Gasteiger partial charge >= 0.3 is 0 Å². The molecule has 1 aromatic rings. The maximum absolute atomic E-state index is 11.8. The van der Waals surface area contributed by atoms with Crippen molar-refractivity contribution in [3.05, 3.63) is 30.1 Å². The lowest BCUT2D eigenvalue weighted by Crippen LogP contribution is -2.42. The maximum atomic E-state index is 11.8. The largest absolute Gasteiger partial charge is 0.354 e. The van der Waals surface area contributed by atoms with Crippen LogP contribution in [0.4, 0.5) is 0 Å². The summed E-state index contributed by atoms with van der Waals surface area (Å²) in [6.07, 6.45) is 5.10. The number of carbonyl (C=O) groups is 2. The molecule has 1 aromatic heterocycles. The highest BCUT2D eigenvalue weighted by Gasteiger charge is 2.20. The SMILES string of the molecule is O=C(NCCNC(=O)[C@H]1CCCNC1)c1cccnc1. The van der Waals surface area contributed by atoms with Gasteiger partial charge in [0.2, 0.25) is 5.91 Å². The first kappa shape index (κ1) is 14.5. The lowest BCUT2D eigenvalue weighted by Gasteiger charge is -2.21. The summed E-state index contributed by atoms with van der Waals surface area (Å²) < 4.78 is 0. The van der Waals surface area contributed by atoms with E-state index >= 15 is 0 Å². The molecule has 1 atom stereocenters. The topological polar surface area (TPSA) is 83.1 Å². The van der Waals surface area contributed by atoms with E-state index in [1.165, 1.54) is 6.20 Å². The number of pyridine rings is 1. The molecule has 0 bridgehead atoms. The molecule has 0 aromatic carbocycles. The lowest BCUT2D eigenvalue weighted by atomic mass is 9.99. The molecule has 1 aliphatic heterocycles. The van der Waals surface area contributed by atoms with Gasteiger partial charge < -0.3 is 16.0 Å². The number of rotatable bonds is 5. The van der Waals surface area contributed by atoms with Crippen LogP contribution in [0.1, 0.15) is 23.2 Å². The zero-order chi connectivity index (χ0) is 14.2. The van der Waals surface area contributed by atoms with E-state index in [1.54, 1.807) is 18.3 Å². The van der Waals surface area contributed by atoms with E-state index in [2.05, 4.69) is 20.9 Å². The number of amides is 2. The lowest BCUT2D eigenvalue weighted by molar-refractivity contribution is -0.125. The van der Waals surface area contributed by atoms with Crippen LogP contribution in [0.3, 0.4) is 0 Å². The first-order valence-corrected chi connectivity index (χ1v) is 6.94. The molecule has 2 amide bonds. The smallest absolute Gasteiger partial charge is 0.252 e. The minimum absolute atomic E-state index is 0.0535. The third-order valence-corrected chi connectivity index (χ3v) is 3.30. The standard InChI is InChI=1S/C14H20N4O2/c19-13(11-3-1-5-15-9-11)17-7-8-18-14(20)12-4-2-6-16-10-12/h1,3,5,9,12,16H,2,4,6-8,10H2,(H,17,19)(H,18,20)/t12-/m0/s1. The predicted molar refractivity (Wildman–Crippen MR) is 75.2 cm³/mol. The number of nitrogens with zero attached hydrogens (tertiary/aromatic N) is 1.